The van der Waals surface area contributed by atoms with Crippen LogP contribution in [0.15, 0.2) is 16.6 Å². The second-order valence-electron chi connectivity index (χ2n) is 4.20. The van der Waals surface area contributed by atoms with Gasteiger partial charge in [0.05, 0.1) is 6.54 Å². The molecule has 1 N–H and O–H groups in total. The molecule has 0 saturated heterocycles. The van der Waals surface area contributed by atoms with Crippen molar-refractivity contribution in [2.75, 3.05) is 13.1 Å². The first kappa shape index (κ1) is 9.46. The fourth-order valence-corrected chi connectivity index (χ4v) is 1.14. The molecule has 0 aromatic carbocycles. The molecule has 1 heterocycles. The first-order chi connectivity index (χ1) is 5.58. The van der Waals surface area contributed by atoms with Gasteiger partial charge in [-0.2, -0.15) is 0 Å². The van der Waals surface area contributed by atoms with Gasteiger partial charge < -0.3 is 5.32 Å². The molecule has 12 heavy (non-hydrogen) atoms. The number of rotatable bonds is 3. The monoisotopic (exact) mass is 166 g/mol. The SMILES string of the molecule is CC(C)(C)NCCC1=CCN=C1. The summed E-state index contributed by atoms with van der Waals surface area (Å²) in [7, 11) is 0. The molecule has 0 atom stereocenters. The summed E-state index contributed by atoms with van der Waals surface area (Å²) in [6, 6.07) is 0. The molecule has 0 aromatic rings. The second kappa shape index (κ2) is 3.85. The van der Waals surface area contributed by atoms with Gasteiger partial charge in [0.1, 0.15) is 0 Å². The van der Waals surface area contributed by atoms with Crippen molar-refractivity contribution >= 4 is 6.21 Å². The van der Waals surface area contributed by atoms with Gasteiger partial charge in [-0.15, -0.1) is 0 Å². The van der Waals surface area contributed by atoms with Crippen LogP contribution in [0.5, 0.6) is 0 Å². The molecule has 68 valence electrons. The van der Waals surface area contributed by atoms with Gasteiger partial charge in [-0.05, 0) is 39.3 Å². The normalized spacial score (nSPS) is 16.8. The van der Waals surface area contributed by atoms with Gasteiger partial charge in [0.2, 0.25) is 0 Å². The highest BCUT2D eigenvalue weighted by atomic mass is 14.9. The van der Waals surface area contributed by atoms with Gasteiger partial charge in [-0.3, -0.25) is 4.99 Å². The van der Waals surface area contributed by atoms with E-state index in [1.165, 1.54) is 5.57 Å². The highest BCUT2D eigenvalue weighted by Crippen LogP contribution is 2.04. The Morgan fingerprint density at radius 2 is 2.25 bits per heavy atom. The van der Waals surface area contributed by atoms with Crippen LogP contribution in [0.4, 0.5) is 0 Å². The minimum atomic E-state index is 0.232. The Balaban J connectivity index is 2.14. The van der Waals surface area contributed by atoms with Gasteiger partial charge in [0.25, 0.3) is 0 Å². The molecule has 0 aromatic heterocycles. The van der Waals surface area contributed by atoms with E-state index in [9.17, 15) is 0 Å². The number of aliphatic imine (C=N–C) groups is 1. The van der Waals surface area contributed by atoms with Crippen LogP contribution < -0.4 is 5.32 Å². The molecule has 0 spiro atoms. The van der Waals surface area contributed by atoms with Crippen LogP contribution in [0.1, 0.15) is 27.2 Å². The van der Waals surface area contributed by atoms with Crippen molar-refractivity contribution in [3.63, 3.8) is 0 Å². The molecule has 0 fully saturated rings. The van der Waals surface area contributed by atoms with E-state index < -0.39 is 0 Å². The van der Waals surface area contributed by atoms with Crippen molar-refractivity contribution < 1.29 is 0 Å². The van der Waals surface area contributed by atoms with Gasteiger partial charge in [-0.1, -0.05) is 6.08 Å². The quantitative estimate of drug-likeness (QED) is 0.679. The summed E-state index contributed by atoms with van der Waals surface area (Å²) in [5.41, 5.74) is 1.60. The van der Waals surface area contributed by atoms with Gasteiger partial charge >= 0.3 is 0 Å². The summed E-state index contributed by atoms with van der Waals surface area (Å²) in [6.07, 6.45) is 5.26. The fraction of sp³-hybridized carbons (Fsp3) is 0.700. The molecule has 0 saturated carbocycles. The third kappa shape index (κ3) is 3.67. The van der Waals surface area contributed by atoms with Crippen molar-refractivity contribution in [2.24, 2.45) is 4.99 Å². The number of nitrogens with zero attached hydrogens (tertiary/aromatic N) is 1. The lowest BCUT2D eigenvalue weighted by Crippen LogP contribution is -2.36. The summed E-state index contributed by atoms with van der Waals surface area (Å²) in [4.78, 5) is 4.13. The molecule has 2 heteroatoms. The van der Waals surface area contributed by atoms with E-state index in [4.69, 9.17) is 0 Å². The first-order valence-corrected chi connectivity index (χ1v) is 4.52. The summed E-state index contributed by atoms with van der Waals surface area (Å²) in [5.74, 6) is 0. The van der Waals surface area contributed by atoms with Crippen molar-refractivity contribution in [1.29, 1.82) is 0 Å². The zero-order valence-electron chi connectivity index (χ0n) is 8.22. The van der Waals surface area contributed by atoms with Crippen LogP contribution in [0, 0.1) is 0 Å². The standard InChI is InChI=1S/C10H18N2/c1-10(2,3)12-7-5-9-4-6-11-8-9/h4,8,12H,5-7H2,1-3H3. The molecule has 0 aliphatic carbocycles. The highest BCUT2D eigenvalue weighted by molar-refractivity contribution is 5.80. The molecular weight excluding hydrogens is 148 g/mol. The molecule has 0 amide bonds. The van der Waals surface area contributed by atoms with Gasteiger partial charge in [0, 0.05) is 11.8 Å². The lowest BCUT2D eigenvalue weighted by atomic mass is 10.1. The van der Waals surface area contributed by atoms with E-state index >= 15 is 0 Å². The average molecular weight is 166 g/mol. The minimum Gasteiger partial charge on any atom is -0.312 e. The Labute approximate surface area is 74.8 Å². The molecule has 0 radical (unpaired) electrons. The smallest absolute Gasteiger partial charge is 0.0576 e. The number of nitrogens with one attached hydrogen (secondary N) is 1. The third-order valence-electron chi connectivity index (χ3n) is 1.79. The highest BCUT2D eigenvalue weighted by Gasteiger charge is 2.08. The molecule has 1 aliphatic rings. The largest absolute Gasteiger partial charge is 0.312 e. The molecule has 1 aliphatic heterocycles. The van der Waals surface area contributed by atoms with E-state index in [1.54, 1.807) is 0 Å². The first-order valence-electron chi connectivity index (χ1n) is 4.52. The number of hydrogen-bond acceptors (Lipinski definition) is 2. The van der Waals surface area contributed by atoms with Crippen LogP contribution in [0.3, 0.4) is 0 Å². The van der Waals surface area contributed by atoms with Crippen molar-refractivity contribution in [2.45, 2.75) is 32.7 Å². The lowest BCUT2D eigenvalue weighted by Gasteiger charge is -2.20. The van der Waals surface area contributed by atoms with Crippen LogP contribution in [0.25, 0.3) is 0 Å². The van der Waals surface area contributed by atoms with Gasteiger partial charge in [-0.25, -0.2) is 0 Å². The summed E-state index contributed by atoms with van der Waals surface area (Å²) >= 11 is 0. The van der Waals surface area contributed by atoms with Crippen molar-refractivity contribution in [3.05, 3.63) is 11.6 Å². The predicted octanol–water partition coefficient (Wildman–Crippen LogP) is 1.78. The van der Waals surface area contributed by atoms with Crippen molar-refractivity contribution in [1.82, 2.24) is 5.32 Å². The predicted molar refractivity (Wildman–Crippen MR) is 53.8 cm³/mol. The Hall–Kier alpha value is -0.630. The van der Waals surface area contributed by atoms with E-state index in [1.807, 2.05) is 6.21 Å². The van der Waals surface area contributed by atoms with E-state index in [2.05, 4.69) is 37.2 Å². The maximum Gasteiger partial charge on any atom is 0.0576 e. The topological polar surface area (TPSA) is 24.4 Å². The summed E-state index contributed by atoms with van der Waals surface area (Å²) in [5, 5.41) is 3.45. The summed E-state index contributed by atoms with van der Waals surface area (Å²) in [6.45, 7) is 8.48. The maximum atomic E-state index is 4.13. The Kier molecular flexibility index (Phi) is 3.04. The third-order valence-corrected chi connectivity index (χ3v) is 1.79. The zero-order valence-corrected chi connectivity index (χ0v) is 8.22. The molecule has 0 unspecified atom stereocenters. The molecule has 2 nitrogen and oxygen atoms in total. The van der Waals surface area contributed by atoms with Crippen molar-refractivity contribution in [3.8, 4) is 0 Å². The van der Waals surface area contributed by atoms with Crippen LogP contribution in [0.2, 0.25) is 0 Å². The van der Waals surface area contributed by atoms with Crippen LogP contribution in [-0.2, 0) is 0 Å². The maximum absolute atomic E-state index is 4.13. The van der Waals surface area contributed by atoms with E-state index in [0.29, 0.717) is 0 Å². The Bertz CT molecular complexity index is 196. The molecule has 1 rings (SSSR count). The fourth-order valence-electron chi connectivity index (χ4n) is 1.14. The van der Waals surface area contributed by atoms with Crippen LogP contribution in [-0.4, -0.2) is 24.8 Å². The second-order valence-corrected chi connectivity index (χ2v) is 4.20. The van der Waals surface area contributed by atoms with Crippen LogP contribution >= 0.6 is 0 Å². The Morgan fingerprint density at radius 3 is 2.75 bits per heavy atom. The van der Waals surface area contributed by atoms with E-state index in [-0.39, 0.29) is 5.54 Å². The lowest BCUT2D eigenvalue weighted by molar-refractivity contribution is 0.430. The average Bonchev–Trinajstić information content (AvgIpc) is 2.36. The minimum absolute atomic E-state index is 0.232. The number of hydrogen-bond donors (Lipinski definition) is 1. The van der Waals surface area contributed by atoms with E-state index in [0.717, 1.165) is 19.5 Å². The summed E-state index contributed by atoms with van der Waals surface area (Å²) < 4.78 is 0. The van der Waals surface area contributed by atoms with Gasteiger partial charge in [0.15, 0.2) is 0 Å². The zero-order chi connectivity index (χ0) is 9.03. The molecular formula is C10H18N2. The Morgan fingerprint density at radius 1 is 1.50 bits per heavy atom. The molecule has 0 bridgehead atoms.